The Balaban J connectivity index is 1.78. The predicted octanol–water partition coefficient (Wildman–Crippen LogP) is 1.62. The highest BCUT2D eigenvalue weighted by Gasteiger charge is 2.53. The Morgan fingerprint density at radius 1 is 1.28 bits per heavy atom. The molecule has 140 valence electrons. The van der Waals surface area contributed by atoms with Gasteiger partial charge in [0.15, 0.2) is 0 Å². The minimum absolute atomic E-state index is 0.0541. The summed E-state index contributed by atoms with van der Waals surface area (Å²) in [5, 5.41) is 10.3. The number of likely N-dealkylation sites (tertiary alicyclic amines) is 1. The molecule has 0 saturated carbocycles. The molecule has 0 unspecified atom stereocenters. The zero-order valence-corrected chi connectivity index (χ0v) is 15.4. The van der Waals surface area contributed by atoms with E-state index in [0.29, 0.717) is 0 Å². The summed E-state index contributed by atoms with van der Waals surface area (Å²) in [6.07, 6.45) is -1.53. The third kappa shape index (κ3) is 3.89. The van der Waals surface area contributed by atoms with Crippen LogP contribution in [-0.2, 0) is 25.5 Å². The molecule has 1 N–H and O–H groups in total. The molecule has 2 aliphatic heterocycles. The number of benzene rings is 1. The summed E-state index contributed by atoms with van der Waals surface area (Å²) >= 11 is 0. The Morgan fingerprint density at radius 3 is 2.60 bits per heavy atom. The minimum atomic E-state index is -0.963. The second kappa shape index (κ2) is 7.70. The molecule has 0 spiro atoms. The maximum Gasteiger partial charge on any atom is 0.217 e. The molecule has 0 aliphatic carbocycles. The Morgan fingerprint density at radius 2 is 2.00 bits per heavy atom. The number of hydrogen-bond acceptors (Lipinski definition) is 6. The number of aliphatic hydroxyl groups excluding tert-OH is 1. The van der Waals surface area contributed by atoms with Crippen molar-refractivity contribution in [2.45, 2.75) is 50.8 Å². The third-order valence-electron chi connectivity index (χ3n) is 5.28. The van der Waals surface area contributed by atoms with Gasteiger partial charge in [-0.25, -0.2) is 0 Å². The first kappa shape index (κ1) is 18.8. The molecule has 0 radical (unpaired) electrons. The maximum absolute atomic E-state index is 10.3. The van der Waals surface area contributed by atoms with E-state index in [0.717, 1.165) is 19.6 Å². The van der Waals surface area contributed by atoms with Gasteiger partial charge in [-0.05, 0) is 19.4 Å². The molecule has 2 aliphatic rings. The van der Waals surface area contributed by atoms with Gasteiger partial charge in [-0.15, -0.1) is 0 Å². The van der Waals surface area contributed by atoms with Crippen molar-refractivity contribution in [1.29, 1.82) is 0 Å². The Bertz CT molecular complexity index is 554. The molecule has 6 atom stereocenters. The monoisotopic (exact) mass is 351 g/mol. The lowest BCUT2D eigenvalue weighted by atomic mass is 9.87. The summed E-state index contributed by atoms with van der Waals surface area (Å²) in [5.41, 5.74) is 1.24. The van der Waals surface area contributed by atoms with Crippen molar-refractivity contribution in [2.24, 2.45) is 5.92 Å². The summed E-state index contributed by atoms with van der Waals surface area (Å²) < 4.78 is 23.4. The fourth-order valence-electron chi connectivity index (χ4n) is 3.84. The highest BCUT2D eigenvalue weighted by atomic mass is 16.8. The van der Waals surface area contributed by atoms with E-state index in [9.17, 15) is 5.11 Å². The van der Waals surface area contributed by atoms with Crippen LogP contribution < -0.4 is 0 Å². The third-order valence-corrected chi connectivity index (χ3v) is 5.28. The van der Waals surface area contributed by atoms with Gasteiger partial charge in [0, 0.05) is 39.8 Å². The van der Waals surface area contributed by atoms with E-state index in [-0.39, 0.29) is 18.1 Å². The SMILES string of the molecule is CO[C@H]1O[C@@H]2[C@@H]([C@H](C)O)CN(Cc3ccccc3)C[C@H]2O[C@]1(C)OC. The number of methoxy groups -OCH3 is 2. The highest BCUT2D eigenvalue weighted by Crippen LogP contribution is 2.37. The largest absolute Gasteiger partial charge is 0.393 e. The van der Waals surface area contributed by atoms with E-state index < -0.39 is 18.2 Å². The van der Waals surface area contributed by atoms with Gasteiger partial charge in [0.1, 0.15) is 6.10 Å². The summed E-state index contributed by atoms with van der Waals surface area (Å²) in [7, 11) is 3.17. The minimum Gasteiger partial charge on any atom is -0.393 e. The maximum atomic E-state index is 10.3. The number of piperidine rings is 1. The molecule has 0 amide bonds. The lowest BCUT2D eigenvalue weighted by Gasteiger charge is -2.52. The topological polar surface area (TPSA) is 60.4 Å². The number of fused-ring (bicyclic) bond motifs is 1. The average molecular weight is 351 g/mol. The Labute approximate surface area is 149 Å². The zero-order valence-electron chi connectivity index (χ0n) is 15.4. The predicted molar refractivity (Wildman–Crippen MR) is 92.8 cm³/mol. The van der Waals surface area contributed by atoms with Crippen molar-refractivity contribution in [3.8, 4) is 0 Å². The van der Waals surface area contributed by atoms with Gasteiger partial charge in [-0.1, -0.05) is 30.3 Å². The summed E-state index contributed by atoms with van der Waals surface area (Å²) in [6.45, 7) is 5.91. The van der Waals surface area contributed by atoms with E-state index in [2.05, 4.69) is 17.0 Å². The van der Waals surface area contributed by atoms with Crippen LogP contribution in [0.25, 0.3) is 0 Å². The molecule has 1 aromatic carbocycles. The quantitative estimate of drug-likeness (QED) is 0.870. The molecule has 3 rings (SSSR count). The van der Waals surface area contributed by atoms with Crippen molar-refractivity contribution < 1.29 is 24.1 Å². The van der Waals surface area contributed by atoms with Crippen molar-refractivity contribution >= 4 is 0 Å². The van der Waals surface area contributed by atoms with Crippen LogP contribution in [0.5, 0.6) is 0 Å². The Kier molecular flexibility index (Phi) is 5.78. The van der Waals surface area contributed by atoms with Crippen molar-refractivity contribution in [2.75, 3.05) is 27.3 Å². The van der Waals surface area contributed by atoms with Gasteiger partial charge in [0.05, 0.1) is 12.2 Å². The van der Waals surface area contributed by atoms with Crippen molar-refractivity contribution in [1.82, 2.24) is 4.90 Å². The van der Waals surface area contributed by atoms with Gasteiger partial charge in [0.25, 0.3) is 0 Å². The number of ether oxygens (including phenoxy) is 4. The van der Waals surface area contributed by atoms with E-state index in [1.54, 1.807) is 14.2 Å². The van der Waals surface area contributed by atoms with Gasteiger partial charge in [-0.2, -0.15) is 0 Å². The number of nitrogens with zero attached hydrogens (tertiary/aromatic N) is 1. The number of hydrogen-bond donors (Lipinski definition) is 1. The lowest BCUT2D eigenvalue weighted by Crippen LogP contribution is -2.66. The average Bonchev–Trinajstić information content (AvgIpc) is 2.61. The molecule has 2 fully saturated rings. The summed E-state index contributed by atoms with van der Waals surface area (Å²) in [6, 6.07) is 10.3. The van der Waals surface area contributed by atoms with Gasteiger partial charge in [-0.3, -0.25) is 4.90 Å². The smallest absolute Gasteiger partial charge is 0.217 e. The fourth-order valence-corrected chi connectivity index (χ4v) is 3.84. The molecule has 0 bridgehead atoms. The zero-order chi connectivity index (χ0) is 18.0. The van der Waals surface area contributed by atoms with Crippen LogP contribution in [0.2, 0.25) is 0 Å². The van der Waals surface area contributed by atoms with E-state index in [4.69, 9.17) is 18.9 Å². The summed E-state index contributed by atoms with van der Waals surface area (Å²) in [4.78, 5) is 2.31. The second-order valence-corrected chi connectivity index (χ2v) is 7.13. The molecule has 6 nitrogen and oxygen atoms in total. The van der Waals surface area contributed by atoms with Crippen LogP contribution in [0, 0.1) is 5.92 Å². The van der Waals surface area contributed by atoms with Crippen LogP contribution >= 0.6 is 0 Å². The van der Waals surface area contributed by atoms with Crippen LogP contribution in [0.1, 0.15) is 19.4 Å². The number of aliphatic hydroxyl groups is 1. The standard InChI is InChI=1S/C19H29NO5/c1-13(21)15-11-20(10-14-8-6-5-7-9-14)12-16-17(15)24-18(22-3)19(2,23-4)25-16/h5-9,13,15-18,21H,10-12H2,1-4H3/t13-,15+,16+,17+,18-,19-/m0/s1. The lowest BCUT2D eigenvalue weighted by molar-refractivity contribution is -0.414. The van der Waals surface area contributed by atoms with E-state index in [1.807, 2.05) is 32.0 Å². The molecule has 2 heterocycles. The van der Waals surface area contributed by atoms with Crippen LogP contribution in [0.4, 0.5) is 0 Å². The second-order valence-electron chi connectivity index (χ2n) is 7.13. The molecule has 1 aromatic rings. The van der Waals surface area contributed by atoms with Crippen LogP contribution in [0.15, 0.2) is 30.3 Å². The molecule has 6 heteroatoms. The fraction of sp³-hybridized carbons (Fsp3) is 0.684. The highest BCUT2D eigenvalue weighted by molar-refractivity contribution is 5.15. The molecule has 0 aromatic heterocycles. The van der Waals surface area contributed by atoms with Crippen molar-refractivity contribution in [3.63, 3.8) is 0 Å². The first-order valence-corrected chi connectivity index (χ1v) is 8.82. The molecule has 2 saturated heterocycles. The van der Waals surface area contributed by atoms with Crippen molar-refractivity contribution in [3.05, 3.63) is 35.9 Å². The first-order valence-electron chi connectivity index (χ1n) is 8.82. The van der Waals surface area contributed by atoms with Crippen LogP contribution in [0.3, 0.4) is 0 Å². The van der Waals surface area contributed by atoms with E-state index >= 15 is 0 Å². The van der Waals surface area contributed by atoms with Gasteiger partial charge < -0.3 is 24.1 Å². The number of rotatable bonds is 5. The van der Waals surface area contributed by atoms with Gasteiger partial charge >= 0.3 is 0 Å². The molecular formula is C19H29NO5. The molecular weight excluding hydrogens is 322 g/mol. The first-order chi connectivity index (χ1) is 12.0. The molecule has 25 heavy (non-hydrogen) atoms. The Hall–Kier alpha value is -1.02. The van der Waals surface area contributed by atoms with Gasteiger partial charge in [0.2, 0.25) is 12.1 Å². The normalized spacial score (nSPS) is 37.5. The van der Waals surface area contributed by atoms with Crippen LogP contribution in [-0.4, -0.2) is 67.7 Å². The summed E-state index contributed by atoms with van der Waals surface area (Å²) in [5.74, 6) is -1.02. The van der Waals surface area contributed by atoms with E-state index in [1.165, 1.54) is 5.56 Å².